The number of benzene rings is 1. The van der Waals surface area contributed by atoms with E-state index < -0.39 is 26.7 Å². The first-order valence-corrected chi connectivity index (χ1v) is 9.37. The van der Waals surface area contributed by atoms with Gasteiger partial charge in [0.05, 0.1) is 17.1 Å². The molecule has 0 amide bonds. The second kappa shape index (κ2) is 6.20. The maximum atomic E-state index is 11.9. The van der Waals surface area contributed by atoms with Crippen molar-refractivity contribution in [2.75, 3.05) is 29.2 Å². The second-order valence-electron chi connectivity index (χ2n) is 4.78. The zero-order valence-electron chi connectivity index (χ0n) is 11.4. The highest BCUT2D eigenvalue weighted by molar-refractivity contribution is 8.01. The molecule has 1 N–H and O–H groups in total. The molecule has 7 nitrogen and oxygen atoms in total. The molecule has 0 bridgehead atoms. The van der Waals surface area contributed by atoms with Crippen LogP contribution in [-0.4, -0.2) is 48.1 Å². The Balaban J connectivity index is 2.42. The van der Waals surface area contributed by atoms with Crippen molar-refractivity contribution in [1.29, 1.82) is 0 Å². The van der Waals surface area contributed by atoms with E-state index in [4.69, 9.17) is 0 Å². The summed E-state index contributed by atoms with van der Waals surface area (Å²) in [5.41, 5.74) is 0.604. The van der Waals surface area contributed by atoms with Gasteiger partial charge in [-0.25, -0.2) is 8.42 Å². The van der Waals surface area contributed by atoms with E-state index in [-0.39, 0.29) is 11.3 Å². The Morgan fingerprint density at radius 1 is 1.52 bits per heavy atom. The molecule has 2 rings (SSSR count). The zero-order valence-corrected chi connectivity index (χ0v) is 13.1. The topological polar surface area (TPSA) is 101 Å². The van der Waals surface area contributed by atoms with Crippen LogP contribution in [0.2, 0.25) is 0 Å². The van der Waals surface area contributed by atoms with Gasteiger partial charge in [-0.2, -0.15) is 11.8 Å². The Labute approximate surface area is 127 Å². The summed E-state index contributed by atoms with van der Waals surface area (Å²) >= 11 is 1.57. The minimum Gasteiger partial charge on any atom is -0.391 e. The zero-order chi connectivity index (χ0) is 15.6. The molecule has 116 valence electrons. The van der Waals surface area contributed by atoms with Crippen LogP contribution in [0.3, 0.4) is 0 Å². The molecule has 1 aromatic carbocycles. The molecule has 0 radical (unpaired) electrons. The molecule has 1 aliphatic rings. The summed E-state index contributed by atoms with van der Waals surface area (Å²) in [5, 5.41) is 19.5. The number of nitro groups is 1. The number of hydrogen-bond donors (Lipinski definition) is 1. The average Bonchev–Trinajstić information content (AvgIpc) is 2.45. The number of anilines is 1. The number of thioether (sulfide) groups is 1. The van der Waals surface area contributed by atoms with Crippen molar-refractivity contribution >= 4 is 33.0 Å². The molecule has 1 aliphatic heterocycles. The van der Waals surface area contributed by atoms with Crippen molar-refractivity contribution in [3.05, 3.63) is 33.9 Å². The van der Waals surface area contributed by atoms with Crippen LogP contribution in [0.5, 0.6) is 0 Å². The maximum Gasteiger partial charge on any atom is 0.275 e. The Kier molecular flexibility index (Phi) is 4.74. The number of nitrogens with zero attached hydrogens (tertiary/aromatic N) is 2. The largest absolute Gasteiger partial charge is 0.391 e. The Hall–Kier alpha value is -1.32. The number of hydrogen-bond acceptors (Lipinski definition) is 7. The fourth-order valence-electron chi connectivity index (χ4n) is 2.29. The predicted octanol–water partition coefficient (Wildman–Crippen LogP) is 1.01. The quantitative estimate of drug-likeness (QED) is 0.648. The van der Waals surface area contributed by atoms with Crippen molar-refractivity contribution in [2.24, 2.45) is 0 Å². The van der Waals surface area contributed by atoms with E-state index in [0.717, 1.165) is 5.75 Å². The number of sulfone groups is 1. The van der Waals surface area contributed by atoms with Gasteiger partial charge in [-0.3, -0.25) is 10.1 Å². The van der Waals surface area contributed by atoms with Gasteiger partial charge in [0.15, 0.2) is 9.84 Å². The van der Waals surface area contributed by atoms with Gasteiger partial charge < -0.3 is 10.0 Å². The highest BCUT2D eigenvalue weighted by atomic mass is 32.2. The fraction of sp³-hybridized carbons (Fsp3) is 0.500. The van der Waals surface area contributed by atoms with Gasteiger partial charge in [-0.15, -0.1) is 0 Å². The summed E-state index contributed by atoms with van der Waals surface area (Å²) in [4.78, 5) is 12.0. The lowest BCUT2D eigenvalue weighted by Crippen LogP contribution is -2.47. The summed E-state index contributed by atoms with van der Waals surface area (Å²) in [6, 6.07) is 4.33. The van der Waals surface area contributed by atoms with E-state index >= 15 is 0 Å². The molecule has 1 aromatic rings. The molecule has 0 aliphatic carbocycles. The first-order valence-electron chi connectivity index (χ1n) is 6.26. The maximum absolute atomic E-state index is 11.9. The second-order valence-corrected chi connectivity index (χ2v) is 8.13. The smallest absolute Gasteiger partial charge is 0.275 e. The van der Waals surface area contributed by atoms with Crippen molar-refractivity contribution in [3.8, 4) is 0 Å². The van der Waals surface area contributed by atoms with E-state index in [9.17, 15) is 23.6 Å². The average molecular weight is 332 g/mol. The summed E-state index contributed by atoms with van der Waals surface area (Å²) in [6.45, 7) is 0.0847. The predicted molar refractivity (Wildman–Crippen MR) is 82.3 cm³/mol. The number of aliphatic hydroxyl groups excluding tert-OH is 1. The standard InChI is InChI=1S/C12H16N2O5S2/c1-21(18,19)12-8-20-5-4-13(12)10-2-3-11(14(16)17)9(6-10)7-15/h2-3,6,12,15H,4-5,7-8H2,1H3. The Morgan fingerprint density at radius 3 is 2.81 bits per heavy atom. The van der Waals surface area contributed by atoms with E-state index in [0.29, 0.717) is 18.0 Å². The van der Waals surface area contributed by atoms with Crippen LogP contribution in [0, 0.1) is 10.1 Å². The van der Waals surface area contributed by atoms with Crippen molar-refractivity contribution in [1.82, 2.24) is 0 Å². The molecule has 0 spiro atoms. The van der Waals surface area contributed by atoms with Gasteiger partial charge in [0.25, 0.3) is 5.69 Å². The van der Waals surface area contributed by atoms with Crippen molar-refractivity contribution < 1.29 is 18.4 Å². The van der Waals surface area contributed by atoms with Crippen LogP contribution in [0.1, 0.15) is 5.56 Å². The van der Waals surface area contributed by atoms with Crippen LogP contribution < -0.4 is 4.90 Å². The molecule has 1 atom stereocenters. The van der Waals surface area contributed by atoms with Gasteiger partial charge in [0.2, 0.25) is 0 Å². The van der Waals surface area contributed by atoms with E-state index in [1.807, 2.05) is 0 Å². The van der Waals surface area contributed by atoms with Gasteiger partial charge in [-0.05, 0) is 12.1 Å². The first-order chi connectivity index (χ1) is 9.84. The summed E-state index contributed by atoms with van der Waals surface area (Å²) in [7, 11) is -3.26. The number of rotatable bonds is 4. The minimum atomic E-state index is -3.26. The fourth-order valence-corrected chi connectivity index (χ4v) is 5.13. The molecule has 21 heavy (non-hydrogen) atoms. The molecular formula is C12H16N2O5S2. The van der Waals surface area contributed by atoms with Gasteiger partial charge in [0, 0.05) is 36.1 Å². The third-order valence-electron chi connectivity index (χ3n) is 3.34. The lowest BCUT2D eigenvalue weighted by atomic mass is 10.1. The molecular weight excluding hydrogens is 316 g/mol. The third kappa shape index (κ3) is 3.47. The molecule has 1 heterocycles. The van der Waals surface area contributed by atoms with Crippen molar-refractivity contribution in [3.63, 3.8) is 0 Å². The highest BCUT2D eigenvalue weighted by Gasteiger charge is 2.31. The molecule has 1 unspecified atom stereocenters. The summed E-state index contributed by atoms with van der Waals surface area (Å²) in [5.74, 6) is 1.25. The molecule has 9 heteroatoms. The minimum absolute atomic E-state index is 0.163. The normalized spacial score (nSPS) is 19.5. The highest BCUT2D eigenvalue weighted by Crippen LogP contribution is 2.30. The van der Waals surface area contributed by atoms with Crippen LogP contribution in [0.25, 0.3) is 0 Å². The van der Waals surface area contributed by atoms with Gasteiger partial charge >= 0.3 is 0 Å². The first kappa shape index (κ1) is 16.1. The molecule has 0 saturated carbocycles. The van der Waals surface area contributed by atoms with E-state index in [2.05, 4.69) is 0 Å². The monoisotopic (exact) mass is 332 g/mol. The van der Waals surface area contributed by atoms with Crippen LogP contribution in [0.15, 0.2) is 18.2 Å². The third-order valence-corrected chi connectivity index (χ3v) is 5.98. The molecule has 1 fully saturated rings. The number of aliphatic hydroxyl groups is 1. The van der Waals surface area contributed by atoms with Crippen LogP contribution >= 0.6 is 11.8 Å². The summed E-state index contributed by atoms with van der Waals surface area (Å²) in [6.07, 6.45) is 1.19. The Morgan fingerprint density at radius 2 is 2.24 bits per heavy atom. The van der Waals surface area contributed by atoms with Crippen molar-refractivity contribution in [2.45, 2.75) is 12.0 Å². The molecule has 1 saturated heterocycles. The molecule has 0 aromatic heterocycles. The number of nitro benzene ring substituents is 1. The van der Waals surface area contributed by atoms with Crippen LogP contribution in [-0.2, 0) is 16.4 Å². The van der Waals surface area contributed by atoms with E-state index in [1.54, 1.807) is 16.7 Å². The lowest BCUT2D eigenvalue weighted by Gasteiger charge is -2.36. The Bertz CT molecular complexity index is 647. The van der Waals surface area contributed by atoms with Gasteiger partial charge in [0.1, 0.15) is 5.37 Å². The van der Waals surface area contributed by atoms with E-state index in [1.165, 1.54) is 24.5 Å². The SMILES string of the molecule is CS(=O)(=O)C1CSCCN1c1ccc([N+](=O)[O-])c(CO)c1. The van der Waals surface area contributed by atoms with Gasteiger partial charge in [-0.1, -0.05) is 0 Å². The van der Waals surface area contributed by atoms with Crippen LogP contribution in [0.4, 0.5) is 11.4 Å². The lowest BCUT2D eigenvalue weighted by molar-refractivity contribution is -0.385. The summed E-state index contributed by atoms with van der Waals surface area (Å²) < 4.78 is 23.8.